The van der Waals surface area contributed by atoms with E-state index in [0.29, 0.717) is 13.2 Å². The molecule has 2 aromatic carbocycles. The van der Waals surface area contributed by atoms with Crippen LogP contribution in [0.1, 0.15) is 25.0 Å². The van der Waals surface area contributed by atoms with Crippen LogP contribution in [0.2, 0.25) is 0 Å². The fraction of sp³-hybridized carbons (Fsp3) is 0.400. The molecule has 4 nitrogen and oxygen atoms in total. The fourth-order valence-corrected chi connectivity index (χ4v) is 2.33. The van der Waals surface area contributed by atoms with Crippen molar-refractivity contribution in [3.8, 4) is 11.5 Å². The number of rotatable bonds is 10. The zero-order valence-electron chi connectivity index (χ0n) is 14.7. The van der Waals surface area contributed by atoms with Gasteiger partial charge >= 0.3 is 0 Å². The first-order valence-electron chi connectivity index (χ1n) is 8.35. The van der Waals surface area contributed by atoms with Crippen molar-refractivity contribution in [1.29, 1.82) is 0 Å². The summed E-state index contributed by atoms with van der Waals surface area (Å²) in [6.07, 6.45) is 0.198. The van der Waals surface area contributed by atoms with Crippen LogP contribution in [0.25, 0.3) is 0 Å². The molecule has 0 bridgehead atoms. The van der Waals surface area contributed by atoms with Crippen LogP contribution in [0, 0.1) is 0 Å². The summed E-state index contributed by atoms with van der Waals surface area (Å²) in [6, 6.07) is 16.3. The summed E-state index contributed by atoms with van der Waals surface area (Å²) in [5, 5.41) is 3.46. The van der Waals surface area contributed by atoms with Gasteiger partial charge in [0, 0.05) is 25.8 Å². The van der Waals surface area contributed by atoms with Crippen LogP contribution in [0.4, 0.5) is 0 Å². The molecule has 0 saturated carbocycles. The molecule has 1 N–H and O–H groups in total. The minimum Gasteiger partial charge on any atom is -0.491 e. The lowest BCUT2D eigenvalue weighted by Crippen LogP contribution is -2.14. The molecular weight excluding hydrogens is 302 g/mol. The van der Waals surface area contributed by atoms with Crippen molar-refractivity contribution in [1.82, 2.24) is 5.32 Å². The Hall–Kier alpha value is -2.04. The lowest BCUT2D eigenvalue weighted by molar-refractivity contribution is 0.145. The Morgan fingerprint density at radius 2 is 1.67 bits per heavy atom. The van der Waals surface area contributed by atoms with E-state index in [-0.39, 0.29) is 6.10 Å². The van der Waals surface area contributed by atoms with Gasteiger partial charge in [-0.05, 0) is 37.6 Å². The summed E-state index contributed by atoms with van der Waals surface area (Å²) >= 11 is 0. The predicted molar refractivity (Wildman–Crippen MR) is 96.6 cm³/mol. The van der Waals surface area contributed by atoms with Gasteiger partial charge in [-0.25, -0.2) is 0 Å². The maximum atomic E-state index is 5.75. The number of ether oxygens (including phenoxy) is 3. The normalized spacial score (nSPS) is 10.8. The lowest BCUT2D eigenvalue weighted by atomic mass is 10.2. The third-order valence-corrected chi connectivity index (χ3v) is 3.46. The molecule has 0 aliphatic heterocycles. The zero-order chi connectivity index (χ0) is 17.2. The molecule has 0 aromatic heterocycles. The summed E-state index contributed by atoms with van der Waals surface area (Å²) < 4.78 is 16.4. The Morgan fingerprint density at radius 1 is 0.917 bits per heavy atom. The molecule has 0 aliphatic rings. The van der Waals surface area contributed by atoms with Crippen LogP contribution in [-0.4, -0.2) is 26.4 Å². The third-order valence-electron chi connectivity index (χ3n) is 3.46. The zero-order valence-corrected chi connectivity index (χ0v) is 14.7. The van der Waals surface area contributed by atoms with Crippen LogP contribution in [0.3, 0.4) is 0 Å². The first-order chi connectivity index (χ1) is 11.7. The van der Waals surface area contributed by atoms with E-state index in [1.54, 1.807) is 7.11 Å². The van der Waals surface area contributed by atoms with Gasteiger partial charge in [-0.1, -0.05) is 30.3 Å². The van der Waals surface area contributed by atoms with E-state index in [1.807, 2.05) is 44.2 Å². The van der Waals surface area contributed by atoms with Crippen LogP contribution in [-0.2, 0) is 17.8 Å². The molecule has 0 spiro atoms. The van der Waals surface area contributed by atoms with E-state index in [0.717, 1.165) is 30.2 Å². The molecule has 0 amide bonds. The van der Waals surface area contributed by atoms with Gasteiger partial charge in [-0.15, -0.1) is 0 Å². The van der Waals surface area contributed by atoms with Crippen molar-refractivity contribution < 1.29 is 14.2 Å². The summed E-state index contributed by atoms with van der Waals surface area (Å²) in [5.41, 5.74) is 2.37. The highest BCUT2D eigenvalue weighted by atomic mass is 16.5. The third kappa shape index (κ3) is 6.22. The van der Waals surface area contributed by atoms with Crippen molar-refractivity contribution in [3.05, 3.63) is 59.7 Å². The van der Waals surface area contributed by atoms with E-state index in [4.69, 9.17) is 14.2 Å². The molecule has 0 heterocycles. The molecule has 24 heavy (non-hydrogen) atoms. The maximum Gasteiger partial charge on any atom is 0.123 e. The maximum absolute atomic E-state index is 5.75. The van der Waals surface area contributed by atoms with Crippen LogP contribution in [0.5, 0.6) is 11.5 Å². The summed E-state index contributed by atoms with van der Waals surface area (Å²) in [5.74, 6) is 1.81. The lowest BCUT2D eigenvalue weighted by Gasteiger charge is -2.13. The molecule has 4 heteroatoms. The van der Waals surface area contributed by atoms with Gasteiger partial charge in [-0.3, -0.25) is 0 Å². The van der Waals surface area contributed by atoms with Crippen molar-refractivity contribution in [3.63, 3.8) is 0 Å². The molecule has 130 valence electrons. The number of hydrogen-bond acceptors (Lipinski definition) is 4. The second-order valence-electron chi connectivity index (χ2n) is 5.86. The second-order valence-corrected chi connectivity index (χ2v) is 5.86. The minimum atomic E-state index is 0.198. The highest BCUT2D eigenvalue weighted by Crippen LogP contribution is 2.18. The molecule has 0 atom stereocenters. The van der Waals surface area contributed by atoms with Crippen LogP contribution >= 0.6 is 0 Å². The highest BCUT2D eigenvalue weighted by molar-refractivity contribution is 5.33. The van der Waals surface area contributed by atoms with Gasteiger partial charge in [0.25, 0.3) is 0 Å². The van der Waals surface area contributed by atoms with Crippen molar-refractivity contribution in [2.24, 2.45) is 0 Å². The topological polar surface area (TPSA) is 39.7 Å². The van der Waals surface area contributed by atoms with E-state index in [2.05, 4.69) is 23.5 Å². The van der Waals surface area contributed by atoms with Crippen molar-refractivity contribution >= 4 is 0 Å². The Labute approximate surface area is 144 Å². The SMILES string of the molecule is COCCOc1ccccc1CNCc1ccc(OC(C)C)cc1. The Kier molecular flexibility index (Phi) is 7.59. The molecule has 0 aliphatic carbocycles. The molecule has 0 radical (unpaired) electrons. The summed E-state index contributed by atoms with van der Waals surface area (Å²) in [6.45, 7) is 6.77. The van der Waals surface area contributed by atoms with E-state index >= 15 is 0 Å². The van der Waals surface area contributed by atoms with E-state index in [9.17, 15) is 0 Å². The quantitative estimate of drug-likeness (QED) is 0.673. The average Bonchev–Trinajstić information content (AvgIpc) is 2.57. The van der Waals surface area contributed by atoms with Crippen molar-refractivity contribution in [2.45, 2.75) is 33.0 Å². The Bertz CT molecular complexity index is 596. The number of benzene rings is 2. The second kappa shape index (κ2) is 9.96. The first-order valence-corrected chi connectivity index (χ1v) is 8.35. The first kappa shape index (κ1) is 18.3. The average molecular weight is 329 g/mol. The van der Waals surface area contributed by atoms with Gasteiger partial charge < -0.3 is 19.5 Å². The van der Waals surface area contributed by atoms with Crippen molar-refractivity contribution in [2.75, 3.05) is 20.3 Å². The smallest absolute Gasteiger partial charge is 0.123 e. The van der Waals surface area contributed by atoms with Gasteiger partial charge in [-0.2, -0.15) is 0 Å². The molecule has 0 saturated heterocycles. The number of para-hydroxylation sites is 1. The highest BCUT2D eigenvalue weighted by Gasteiger charge is 2.03. The van der Waals surface area contributed by atoms with Gasteiger partial charge in [0.2, 0.25) is 0 Å². The van der Waals surface area contributed by atoms with E-state index < -0.39 is 0 Å². The number of methoxy groups -OCH3 is 1. The molecule has 2 aromatic rings. The van der Waals surface area contributed by atoms with E-state index in [1.165, 1.54) is 5.56 Å². The van der Waals surface area contributed by atoms with Crippen LogP contribution < -0.4 is 14.8 Å². The summed E-state index contributed by atoms with van der Waals surface area (Å²) in [4.78, 5) is 0. The fourth-order valence-electron chi connectivity index (χ4n) is 2.33. The molecular formula is C20H27NO3. The van der Waals surface area contributed by atoms with Gasteiger partial charge in [0.15, 0.2) is 0 Å². The monoisotopic (exact) mass is 329 g/mol. The number of hydrogen-bond donors (Lipinski definition) is 1. The van der Waals surface area contributed by atoms with Gasteiger partial charge in [0.05, 0.1) is 12.7 Å². The molecule has 0 unspecified atom stereocenters. The van der Waals surface area contributed by atoms with Crippen LogP contribution in [0.15, 0.2) is 48.5 Å². The summed E-state index contributed by atoms with van der Waals surface area (Å²) in [7, 11) is 1.67. The number of nitrogens with one attached hydrogen (secondary N) is 1. The Balaban J connectivity index is 1.83. The Morgan fingerprint density at radius 3 is 2.38 bits per heavy atom. The van der Waals surface area contributed by atoms with Gasteiger partial charge in [0.1, 0.15) is 18.1 Å². The standard InChI is InChI=1S/C20H27NO3/c1-16(2)24-19-10-8-17(9-11-19)14-21-15-18-6-4-5-7-20(18)23-13-12-22-3/h4-11,16,21H,12-15H2,1-3H3. The minimum absolute atomic E-state index is 0.198. The molecule has 2 rings (SSSR count). The molecule has 0 fully saturated rings. The largest absolute Gasteiger partial charge is 0.491 e. The predicted octanol–water partition coefficient (Wildman–Crippen LogP) is 3.79.